The van der Waals surface area contributed by atoms with Crippen LogP contribution in [0.1, 0.15) is 28.4 Å². The van der Waals surface area contributed by atoms with Crippen molar-refractivity contribution in [2.24, 2.45) is 5.10 Å². The number of phenols is 1. The van der Waals surface area contributed by atoms with Crippen LogP contribution >= 0.6 is 0 Å². The van der Waals surface area contributed by atoms with Crippen molar-refractivity contribution in [3.05, 3.63) is 95.2 Å². The number of hydrogen-bond donors (Lipinski definition) is 3. The first-order valence-electron chi connectivity index (χ1n) is 11.0. The number of benzene rings is 3. The Hall–Kier alpha value is -4.59. The Bertz CT molecular complexity index is 1220. The third-order valence-electron chi connectivity index (χ3n) is 4.95. The van der Waals surface area contributed by atoms with Crippen molar-refractivity contribution in [3.63, 3.8) is 0 Å². The summed E-state index contributed by atoms with van der Waals surface area (Å²) in [6.07, 6.45) is 2.87. The number of nitrogens with one attached hydrogen (secondary N) is 2. The number of nitrogens with zero attached hydrogens (tertiary/aromatic N) is 2. The number of anilines is 1. The fourth-order valence-electron chi connectivity index (χ4n) is 3.11. The van der Waals surface area contributed by atoms with Gasteiger partial charge in [0.05, 0.1) is 12.8 Å². The topological polar surface area (TPSA) is 103 Å². The normalized spacial score (nSPS) is 11.2. The molecule has 0 heterocycles. The van der Waals surface area contributed by atoms with E-state index in [0.29, 0.717) is 23.5 Å². The summed E-state index contributed by atoms with van der Waals surface area (Å²) in [6, 6.07) is 21.1. The van der Waals surface area contributed by atoms with E-state index in [1.165, 1.54) is 6.21 Å². The molecule has 3 rings (SSSR count). The summed E-state index contributed by atoms with van der Waals surface area (Å²) in [6.45, 7) is 2.21. The molecule has 2 amide bonds. The third-order valence-corrected chi connectivity index (χ3v) is 4.95. The van der Waals surface area contributed by atoms with E-state index >= 15 is 0 Å². The molecule has 8 heteroatoms. The number of phenolic OH excluding ortho intramolecular Hbond substituents is 1. The summed E-state index contributed by atoms with van der Waals surface area (Å²) in [5, 5.41) is 16.9. The molecule has 0 bridgehead atoms. The number of aromatic hydroxyl groups is 1. The van der Waals surface area contributed by atoms with Gasteiger partial charge in [0.25, 0.3) is 11.8 Å². The lowest BCUT2D eigenvalue weighted by Gasteiger charge is -2.13. The Morgan fingerprint density at radius 1 is 1.00 bits per heavy atom. The number of amides is 2. The van der Waals surface area contributed by atoms with Crippen molar-refractivity contribution >= 4 is 29.8 Å². The lowest BCUT2D eigenvalue weighted by molar-refractivity contribution is -0.117. The zero-order valence-corrected chi connectivity index (χ0v) is 19.9. The molecule has 3 aromatic carbocycles. The van der Waals surface area contributed by atoms with Gasteiger partial charge in [0.15, 0.2) is 11.5 Å². The molecule has 0 fully saturated rings. The van der Waals surface area contributed by atoms with E-state index in [1.54, 1.807) is 54.6 Å². The zero-order valence-electron chi connectivity index (χ0n) is 19.9. The highest BCUT2D eigenvalue weighted by molar-refractivity contribution is 6.05. The van der Waals surface area contributed by atoms with Crippen LogP contribution in [0.5, 0.6) is 11.5 Å². The molecule has 0 saturated heterocycles. The number of para-hydroxylation sites is 1. The van der Waals surface area contributed by atoms with Crippen molar-refractivity contribution in [2.45, 2.75) is 6.92 Å². The van der Waals surface area contributed by atoms with Crippen LogP contribution in [0.4, 0.5) is 5.69 Å². The molecule has 0 aliphatic heterocycles. The molecule has 3 aromatic rings. The maximum absolute atomic E-state index is 12.9. The molecule has 3 N–H and O–H groups in total. The molecule has 0 spiro atoms. The molecular formula is C27H28N4O4. The maximum Gasteiger partial charge on any atom is 0.287 e. The quantitative estimate of drug-likeness (QED) is 0.250. The minimum atomic E-state index is -0.623. The van der Waals surface area contributed by atoms with Crippen LogP contribution < -0.4 is 20.4 Å². The smallest absolute Gasteiger partial charge is 0.287 e. The first kappa shape index (κ1) is 25.0. The Balaban J connectivity index is 1.82. The first-order valence-corrected chi connectivity index (χ1v) is 11.0. The molecule has 0 saturated carbocycles. The van der Waals surface area contributed by atoms with Gasteiger partial charge < -0.3 is 20.1 Å². The van der Waals surface area contributed by atoms with Crippen LogP contribution in [0, 0.1) is 0 Å². The van der Waals surface area contributed by atoms with E-state index in [9.17, 15) is 14.7 Å². The van der Waals surface area contributed by atoms with Gasteiger partial charge in [0.1, 0.15) is 5.70 Å². The van der Waals surface area contributed by atoms with Crippen LogP contribution in [-0.4, -0.2) is 43.8 Å². The van der Waals surface area contributed by atoms with Crippen LogP contribution in [0.2, 0.25) is 0 Å². The molecule has 0 aliphatic rings. The van der Waals surface area contributed by atoms with Crippen molar-refractivity contribution < 1.29 is 19.4 Å². The van der Waals surface area contributed by atoms with E-state index in [4.69, 9.17) is 4.74 Å². The second kappa shape index (κ2) is 12.0. The van der Waals surface area contributed by atoms with E-state index in [-0.39, 0.29) is 11.4 Å². The fraction of sp³-hybridized carbons (Fsp3) is 0.148. The minimum Gasteiger partial charge on any atom is -0.504 e. The summed E-state index contributed by atoms with van der Waals surface area (Å²) in [5.74, 6) is -0.813. The van der Waals surface area contributed by atoms with Crippen LogP contribution in [0.15, 0.2) is 83.6 Å². The predicted molar refractivity (Wildman–Crippen MR) is 138 cm³/mol. The molecular weight excluding hydrogens is 444 g/mol. The van der Waals surface area contributed by atoms with Gasteiger partial charge in [-0.2, -0.15) is 5.10 Å². The largest absolute Gasteiger partial charge is 0.504 e. The highest BCUT2D eigenvalue weighted by atomic mass is 16.5. The number of hydrogen-bond acceptors (Lipinski definition) is 6. The predicted octanol–water partition coefficient (Wildman–Crippen LogP) is 3.78. The Kier molecular flexibility index (Phi) is 8.61. The molecule has 0 atom stereocenters. The highest BCUT2D eigenvalue weighted by Gasteiger charge is 2.14. The number of rotatable bonds is 9. The van der Waals surface area contributed by atoms with Gasteiger partial charge in [-0.05, 0) is 55.0 Å². The van der Waals surface area contributed by atoms with E-state index < -0.39 is 11.8 Å². The number of hydrazone groups is 1. The van der Waals surface area contributed by atoms with E-state index in [1.807, 2.05) is 50.2 Å². The average Bonchev–Trinajstić information content (AvgIpc) is 2.86. The third kappa shape index (κ3) is 6.94. The molecule has 0 aliphatic carbocycles. The lowest BCUT2D eigenvalue weighted by Crippen LogP contribution is -2.32. The lowest BCUT2D eigenvalue weighted by atomic mass is 10.1. The molecule has 0 aromatic heterocycles. The second-order valence-electron chi connectivity index (χ2n) is 7.69. The Labute approximate surface area is 204 Å². The first-order chi connectivity index (χ1) is 16.9. The van der Waals surface area contributed by atoms with Gasteiger partial charge in [0.2, 0.25) is 0 Å². The zero-order chi connectivity index (χ0) is 25.2. The van der Waals surface area contributed by atoms with Crippen molar-refractivity contribution in [3.8, 4) is 11.5 Å². The van der Waals surface area contributed by atoms with Gasteiger partial charge in [-0.1, -0.05) is 36.4 Å². The van der Waals surface area contributed by atoms with Crippen molar-refractivity contribution in [1.82, 2.24) is 10.7 Å². The minimum absolute atomic E-state index is 0.0147. The van der Waals surface area contributed by atoms with Gasteiger partial charge in [-0.3, -0.25) is 9.59 Å². The molecule has 35 heavy (non-hydrogen) atoms. The van der Waals surface area contributed by atoms with Crippen molar-refractivity contribution in [1.29, 1.82) is 0 Å². The van der Waals surface area contributed by atoms with Crippen LogP contribution in [0.3, 0.4) is 0 Å². The summed E-state index contributed by atoms with van der Waals surface area (Å²) < 4.78 is 5.36. The van der Waals surface area contributed by atoms with Gasteiger partial charge >= 0.3 is 0 Å². The molecule has 0 radical (unpaired) electrons. The summed E-state index contributed by atoms with van der Waals surface area (Å²) in [5.41, 5.74) is 4.92. The highest BCUT2D eigenvalue weighted by Crippen LogP contribution is 2.28. The summed E-state index contributed by atoms with van der Waals surface area (Å²) >= 11 is 0. The van der Waals surface area contributed by atoms with Crippen molar-refractivity contribution in [2.75, 3.05) is 25.6 Å². The number of carbonyl (C=O) groups is 2. The SMILES string of the molecule is CCOc1cccc(/C=N/NC(=O)/C(=C/c2ccc(N(C)C)cc2)NC(=O)c2ccccc2)c1O. The van der Waals surface area contributed by atoms with E-state index in [0.717, 1.165) is 11.3 Å². The molecule has 8 nitrogen and oxygen atoms in total. The summed E-state index contributed by atoms with van der Waals surface area (Å²) in [4.78, 5) is 27.6. The van der Waals surface area contributed by atoms with Crippen LogP contribution in [0.25, 0.3) is 6.08 Å². The molecule has 0 unspecified atom stereocenters. The Morgan fingerprint density at radius 2 is 1.71 bits per heavy atom. The molecule has 180 valence electrons. The van der Waals surface area contributed by atoms with Gasteiger partial charge in [-0.15, -0.1) is 0 Å². The average molecular weight is 473 g/mol. The fourth-order valence-corrected chi connectivity index (χ4v) is 3.11. The number of ether oxygens (including phenoxy) is 1. The van der Waals surface area contributed by atoms with E-state index in [2.05, 4.69) is 15.8 Å². The monoisotopic (exact) mass is 472 g/mol. The standard InChI is InChI=1S/C27H28N4O4/c1-4-35-24-12-8-11-21(25(24)32)18-28-30-27(34)23(29-26(33)20-9-6-5-7-10-20)17-19-13-15-22(16-14-19)31(2)3/h5-18,32H,4H2,1-3H3,(H,29,33)(H,30,34)/b23-17-,28-18+. The number of carbonyl (C=O) groups excluding carboxylic acids is 2. The summed E-state index contributed by atoms with van der Waals surface area (Å²) in [7, 11) is 3.87. The van der Waals surface area contributed by atoms with Gasteiger partial charge in [-0.25, -0.2) is 5.43 Å². The Morgan fingerprint density at radius 3 is 2.37 bits per heavy atom. The second-order valence-corrected chi connectivity index (χ2v) is 7.69. The van der Waals surface area contributed by atoms with Gasteiger partial charge in [0, 0.05) is 30.9 Å². The maximum atomic E-state index is 12.9. The van der Waals surface area contributed by atoms with Crippen LogP contribution in [-0.2, 0) is 4.79 Å².